The largest absolute Gasteiger partial charge is 0.339 e. The number of hydrogen-bond donors (Lipinski definition) is 1. The van der Waals surface area contributed by atoms with Crippen molar-refractivity contribution in [3.05, 3.63) is 47.1 Å². The van der Waals surface area contributed by atoms with Crippen LogP contribution in [0.5, 0.6) is 0 Å². The molecule has 0 saturated heterocycles. The van der Waals surface area contributed by atoms with Crippen LogP contribution in [-0.2, 0) is 12.8 Å². The third-order valence-corrected chi connectivity index (χ3v) is 3.39. The van der Waals surface area contributed by atoms with Gasteiger partial charge in [0.25, 0.3) is 0 Å². The SMILES string of the molecule is Cc1ccccc1Cc1noc(CC(N)C(C)C)n1. The van der Waals surface area contributed by atoms with Crippen molar-refractivity contribution in [3.8, 4) is 0 Å². The molecule has 1 atom stereocenters. The first-order chi connectivity index (χ1) is 9.06. The van der Waals surface area contributed by atoms with Gasteiger partial charge in [-0.1, -0.05) is 43.3 Å². The van der Waals surface area contributed by atoms with Crippen LogP contribution in [0.1, 0.15) is 36.7 Å². The Morgan fingerprint density at radius 1 is 1.26 bits per heavy atom. The van der Waals surface area contributed by atoms with Crippen molar-refractivity contribution in [2.45, 2.75) is 39.7 Å². The number of nitrogens with zero attached hydrogens (tertiary/aromatic N) is 2. The van der Waals surface area contributed by atoms with Gasteiger partial charge in [0.05, 0.1) is 0 Å². The minimum atomic E-state index is 0.0618. The maximum atomic E-state index is 6.01. The summed E-state index contributed by atoms with van der Waals surface area (Å²) in [5, 5.41) is 4.02. The van der Waals surface area contributed by atoms with Gasteiger partial charge in [0.2, 0.25) is 5.89 Å². The predicted octanol–water partition coefficient (Wildman–Crippen LogP) is 2.49. The lowest BCUT2D eigenvalue weighted by Gasteiger charge is -2.11. The zero-order chi connectivity index (χ0) is 13.8. The van der Waals surface area contributed by atoms with Gasteiger partial charge < -0.3 is 10.3 Å². The normalized spacial score (nSPS) is 12.9. The van der Waals surface area contributed by atoms with Crippen molar-refractivity contribution >= 4 is 0 Å². The molecule has 0 radical (unpaired) electrons. The van der Waals surface area contributed by atoms with Crippen molar-refractivity contribution < 1.29 is 4.52 Å². The number of aromatic nitrogens is 2. The molecule has 2 aromatic rings. The average molecular weight is 259 g/mol. The summed E-state index contributed by atoms with van der Waals surface area (Å²) in [7, 11) is 0. The molecule has 0 aliphatic rings. The van der Waals surface area contributed by atoms with E-state index in [0.29, 0.717) is 24.7 Å². The van der Waals surface area contributed by atoms with Gasteiger partial charge in [0.1, 0.15) is 0 Å². The maximum absolute atomic E-state index is 6.01. The number of nitrogens with two attached hydrogens (primary N) is 1. The van der Waals surface area contributed by atoms with Crippen LogP contribution in [0.25, 0.3) is 0 Å². The van der Waals surface area contributed by atoms with E-state index in [1.54, 1.807) is 0 Å². The van der Waals surface area contributed by atoms with Crippen LogP contribution >= 0.6 is 0 Å². The summed E-state index contributed by atoms with van der Waals surface area (Å²) >= 11 is 0. The first-order valence-corrected chi connectivity index (χ1v) is 6.68. The zero-order valence-corrected chi connectivity index (χ0v) is 11.8. The van der Waals surface area contributed by atoms with Gasteiger partial charge in [0.15, 0.2) is 5.82 Å². The molecule has 0 spiro atoms. The molecule has 102 valence electrons. The Kier molecular flexibility index (Phi) is 4.32. The monoisotopic (exact) mass is 259 g/mol. The highest BCUT2D eigenvalue weighted by molar-refractivity contribution is 5.27. The molecule has 19 heavy (non-hydrogen) atoms. The number of rotatable bonds is 5. The fourth-order valence-electron chi connectivity index (χ4n) is 1.86. The van der Waals surface area contributed by atoms with Gasteiger partial charge in [-0.05, 0) is 24.0 Å². The minimum absolute atomic E-state index is 0.0618. The quantitative estimate of drug-likeness (QED) is 0.896. The molecule has 1 aromatic carbocycles. The second-order valence-corrected chi connectivity index (χ2v) is 5.32. The van der Waals surface area contributed by atoms with Crippen molar-refractivity contribution in [1.82, 2.24) is 10.1 Å². The molecule has 0 aliphatic heterocycles. The third-order valence-electron chi connectivity index (χ3n) is 3.39. The summed E-state index contributed by atoms with van der Waals surface area (Å²) in [5.41, 5.74) is 8.47. The molecule has 0 amide bonds. The van der Waals surface area contributed by atoms with E-state index in [-0.39, 0.29) is 6.04 Å². The Balaban J connectivity index is 2.04. The van der Waals surface area contributed by atoms with Crippen molar-refractivity contribution in [3.63, 3.8) is 0 Å². The lowest BCUT2D eigenvalue weighted by molar-refractivity contribution is 0.350. The molecule has 1 heterocycles. The minimum Gasteiger partial charge on any atom is -0.339 e. The molecular weight excluding hydrogens is 238 g/mol. The molecule has 1 aromatic heterocycles. The topological polar surface area (TPSA) is 64.9 Å². The Morgan fingerprint density at radius 2 is 2.00 bits per heavy atom. The zero-order valence-electron chi connectivity index (χ0n) is 11.8. The van der Waals surface area contributed by atoms with E-state index < -0.39 is 0 Å². The Bertz CT molecular complexity index is 534. The fourth-order valence-corrected chi connectivity index (χ4v) is 1.86. The van der Waals surface area contributed by atoms with E-state index in [4.69, 9.17) is 10.3 Å². The standard InChI is InChI=1S/C15H21N3O/c1-10(2)13(16)9-15-17-14(18-19-15)8-12-7-5-4-6-11(12)3/h4-7,10,13H,8-9,16H2,1-3H3. The summed E-state index contributed by atoms with van der Waals surface area (Å²) in [6.45, 7) is 6.27. The highest BCUT2D eigenvalue weighted by Crippen LogP contribution is 2.13. The summed E-state index contributed by atoms with van der Waals surface area (Å²) in [6.07, 6.45) is 1.34. The van der Waals surface area contributed by atoms with Crippen molar-refractivity contribution in [1.29, 1.82) is 0 Å². The van der Waals surface area contributed by atoms with E-state index in [1.165, 1.54) is 11.1 Å². The van der Waals surface area contributed by atoms with Crippen molar-refractivity contribution in [2.75, 3.05) is 0 Å². The Labute approximate surface area is 114 Å². The van der Waals surface area contributed by atoms with E-state index in [9.17, 15) is 0 Å². The van der Waals surface area contributed by atoms with Gasteiger partial charge in [0, 0.05) is 18.9 Å². The van der Waals surface area contributed by atoms with Crippen LogP contribution in [0.2, 0.25) is 0 Å². The molecular formula is C15H21N3O. The molecule has 4 heteroatoms. The number of aryl methyl sites for hydroxylation is 1. The van der Waals surface area contributed by atoms with Gasteiger partial charge >= 0.3 is 0 Å². The van der Waals surface area contributed by atoms with Crippen LogP contribution in [-0.4, -0.2) is 16.2 Å². The molecule has 2 N–H and O–H groups in total. The lowest BCUT2D eigenvalue weighted by atomic mass is 10.0. The van der Waals surface area contributed by atoms with Crippen LogP contribution in [0.15, 0.2) is 28.8 Å². The van der Waals surface area contributed by atoms with Crippen LogP contribution < -0.4 is 5.73 Å². The van der Waals surface area contributed by atoms with E-state index >= 15 is 0 Å². The number of benzene rings is 1. The van der Waals surface area contributed by atoms with Crippen LogP contribution in [0.4, 0.5) is 0 Å². The lowest BCUT2D eigenvalue weighted by Crippen LogP contribution is -2.28. The molecule has 4 nitrogen and oxygen atoms in total. The molecule has 0 saturated carbocycles. The van der Waals surface area contributed by atoms with E-state index in [1.807, 2.05) is 12.1 Å². The average Bonchev–Trinajstić information content (AvgIpc) is 2.79. The first kappa shape index (κ1) is 13.7. The maximum Gasteiger partial charge on any atom is 0.228 e. The Morgan fingerprint density at radius 3 is 2.68 bits per heavy atom. The van der Waals surface area contributed by atoms with Gasteiger partial charge in [-0.2, -0.15) is 4.98 Å². The van der Waals surface area contributed by atoms with Crippen molar-refractivity contribution in [2.24, 2.45) is 11.7 Å². The molecule has 0 aliphatic carbocycles. The molecule has 1 unspecified atom stereocenters. The molecule has 2 rings (SSSR count). The fraction of sp³-hybridized carbons (Fsp3) is 0.467. The highest BCUT2D eigenvalue weighted by Gasteiger charge is 2.14. The summed E-state index contributed by atoms with van der Waals surface area (Å²) < 4.78 is 5.26. The summed E-state index contributed by atoms with van der Waals surface area (Å²) in [4.78, 5) is 4.41. The van der Waals surface area contributed by atoms with E-state index in [2.05, 4.69) is 43.0 Å². The second kappa shape index (κ2) is 5.97. The predicted molar refractivity (Wildman–Crippen MR) is 74.8 cm³/mol. The van der Waals surface area contributed by atoms with Gasteiger partial charge in [-0.3, -0.25) is 0 Å². The highest BCUT2D eigenvalue weighted by atomic mass is 16.5. The summed E-state index contributed by atoms with van der Waals surface area (Å²) in [6, 6.07) is 8.29. The van der Waals surface area contributed by atoms with Gasteiger partial charge in [-0.15, -0.1) is 0 Å². The molecule has 0 bridgehead atoms. The second-order valence-electron chi connectivity index (χ2n) is 5.32. The third kappa shape index (κ3) is 3.64. The Hall–Kier alpha value is -1.68. The first-order valence-electron chi connectivity index (χ1n) is 6.68. The van der Waals surface area contributed by atoms with Crippen LogP contribution in [0.3, 0.4) is 0 Å². The van der Waals surface area contributed by atoms with E-state index in [0.717, 1.165) is 5.82 Å². The van der Waals surface area contributed by atoms with Gasteiger partial charge in [-0.25, -0.2) is 0 Å². The van der Waals surface area contributed by atoms with Crippen LogP contribution in [0, 0.1) is 12.8 Å². The number of hydrogen-bond acceptors (Lipinski definition) is 4. The molecule has 0 fully saturated rings. The summed E-state index contributed by atoms with van der Waals surface area (Å²) in [5.74, 6) is 1.76. The smallest absolute Gasteiger partial charge is 0.228 e.